The van der Waals surface area contributed by atoms with E-state index in [9.17, 15) is 28.8 Å². The van der Waals surface area contributed by atoms with Crippen molar-refractivity contribution in [3.63, 3.8) is 0 Å². The Morgan fingerprint density at radius 1 is 0.691 bits per heavy atom. The van der Waals surface area contributed by atoms with E-state index >= 15 is 0 Å². The van der Waals surface area contributed by atoms with Crippen molar-refractivity contribution in [3.8, 4) is 0 Å². The van der Waals surface area contributed by atoms with Crippen LogP contribution < -0.4 is 48.5 Å². The summed E-state index contributed by atoms with van der Waals surface area (Å²) in [6.45, 7) is 14.3. The first-order valence-electron chi connectivity index (χ1n) is 18.9. The first-order valence-corrected chi connectivity index (χ1v) is 18.9. The smallest absolute Gasteiger partial charge is 0.349 e. The molecule has 0 aliphatic rings. The number of nitrogens with two attached hydrogens (primary N) is 2. The first kappa shape index (κ1) is 43.7. The van der Waals surface area contributed by atoms with Crippen molar-refractivity contribution in [1.82, 2.24) is 16.0 Å². The van der Waals surface area contributed by atoms with Crippen molar-refractivity contribution >= 4 is 56.9 Å². The Balaban J connectivity index is 0.000000311. The first-order chi connectivity index (χ1) is 26.4. The van der Waals surface area contributed by atoms with Crippen LogP contribution in [0.2, 0.25) is 0 Å². The number of rotatable bonds is 19. The average Bonchev–Trinajstić information content (AvgIpc) is 3.17. The number of nitrogens with zero attached hydrogens (tertiary/aromatic N) is 2. The van der Waals surface area contributed by atoms with Crippen LogP contribution in [-0.4, -0.2) is 75.5 Å². The molecule has 298 valence electrons. The van der Waals surface area contributed by atoms with Gasteiger partial charge in [-0.3, -0.25) is 19.2 Å². The van der Waals surface area contributed by atoms with Gasteiger partial charge >= 0.3 is 11.3 Å². The lowest BCUT2D eigenvalue weighted by Crippen LogP contribution is -2.49. The quantitative estimate of drug-likeness (QED) is 0.0685. The number of hydrogen-bond donors (Lipinski definition) is 5. The highest BCUT2D eigenvalue weighted by Crippen LogP contribution is 2.23. The number of benzene rings is 2. The summed E-state index contributed by atoms with van der Waals surface area (Å²) in [4.78, 5) is 77.1. The maximum absolute atomic E-state index is 12.8. The molecule has 55 heavy (non-hydrogen) atoms. The number of nitrogens with one attached hydrogen (secondary N) is 3. The predicted molar refractivity (Wildman–Crippen MR) is 216 cm³/mol. The number of fused-ring (bicyclic) bond motifs is 2. The van der Waals surface area contributed by atoms with Gasteiger partial charge in [-0.25, -0.2) is 9.59 Å². The predicted octanol–water partition coefficient (Wildman–Crippen LogP) is 3.64. The molecule has 1 unspecified atom stereocenters. The number of carbonyl (C=O) groups is 4. The highest BCUT2D eigenvalue weighted by Gasteiger charge is 2.24. The molecule has 1 atom stereocenters. The number of unbranched alkanes of at least 4 members (excludes halogenated alkanes) is 2. The summed E-state index contributed by atoms with van der Waals surface area (Å²) in [5.41, 5.74) is 11.8. The Morgan fingerprint density at radius 2 is 1.20 bits per heavy atom. The Labute approximate surface area is 320 Å². The van der Waals surface area contributed by atoms with Gasteiger partial charge < -0.3 is 46.1 Å². The van der Waals surface area contributed by atoms with Gasteiger partial charge in [-0.1, -0.05) is 13.3 Å². The van der Waals surface area contributed by atoms with Gasteiger partial charge in [-0.05, 0) is 96.3 Å². The van der Waals surface area contributed by atoms with Crippen LogP contribution in [0.3, 0.4) is 0 Å². The SMILES string of the molecule is CCCCNC(=O)c1cc2ccc(N(CC)CC)cc2oc1=O.CCN(CC)c1ccc2cc(C(=O)NC(CCCCN)C(=O)NCC(N)=O)c(=O)oc2c1. The van der Waals surface area contributed by atoms with E-state index in [2.05, 4.69) is 39.6 Å². The summed E-state index contributed by atoms with van der Waals surface area (Å²) in [7, 11) is 0. The van der Waals surface area contributed by atoms with Crippen molar-refractivity contribution < 1.29 is 28.0 Å². The zero-order valence-corrected chi connectivity index (χ0v) is 32.5. The Kier molecular flexibility index (Phi) is 17.4. The molecule has 2 aromatic heterocycles. The minimum Gasteiger partial charge on any atom is -0.422 e. The third-order valence-corrected chi connectivity index (χ3v) is 9.01. The van der Waals surface area contributed by atoms with Crippen molar-refractivity contribution in [3.05, 3.63) is 80.5 Å². The van der Waals surface area contributed by atoms with E-state index in [4.69, 9.17) is 20.3 Å². The minimum atomic E-state index is -0.950. The molecule has 7 N–H and O–H groups in total. The molecule has 0 fully saturated rings. The summed E-state index contributed by atoms with van der Waals surface area (Å²) in [6, 6.07) is 13.2. The molecular formula is C40H55N7O8. The van der Waals surface area contributed by atoms with E-state index in [-0.39, 0.29) is 23.6 Å². The van der Waals surface area contributed by atoms with E-state index in [1.807, 2.05) is 45.0 Å². The Morgan fingerprint density at radius 3 is 1.65 bits per heavy atom. The molecule has 0 aliphatic carbocycles. The van der Waals surface area contributed by atoms with Crippen molar-refractivity contribution in [1.29, 1.82) is 0 Å². The molecule has 2 heterocycles. The highest BCUT2D eigenvalue weighted by molar-refractivity contribution is 6.00. The zero-order chi connectivity index (χ0) is 40.5. The zero-order valence-electron chi connectivity index (χ0n) is 32.5. The molecule has 4 rings (SSSR count). The summed E-state index contributed by atoms with van der Waals surface area (Å²) < 4.78 is 10.7. The second kappa shape index (κ2) is 21.9. The maximum atomic E-state index is 12.8. The van der Waals surface area contributed by atoms with Crippen molar-refractivity contribution in [2.75, 3.05) is 55.6 Å². The molecule has 15 nitrogen and oxygen atoms in total. The number of anilines is 2. The topological polar surface area (TPSA) is 223 Å². The van der Waals surface area contributed by atoms with Crippen molar-refractivity contribution in [2.45, 2.75) is 72.8 Å². The van der Waals surface area contributed by atoms with Crippen LogP contribution in [0.15, 0.2) is 67.0 Å². The monoisotopic (exact) mass is 761 g/mol. The maximum Gasteiger partial charge on any atom is 0.349 e. The molecule has 0 aliphatic heterocycles. The van der Waals surface area contributed by atoms with Gasteiger partial charge in [0.25, 0.3) is 11.8 Å². The molecule has 15 heteroatoms. The van der Waals surface area contributed by atoms with Crippen LogP contribution in [0.1, 0.15) is 87.4 Å². The highest BCUT2D eigenvalue weighted by atomic mass is 16.4. The normalized spacial score (nSPS) is 11.3. The van der Waals surface area contributed by atoms with E-state index in [0.717, 1.165) is 55.8 Å². The fourth-order valence-electron chi connectivity index (χ4n) is 5.86. The molecular weight excluding hydrogens is 706 g/mol. The molecule has 0 saturated carbocycles. The fourth-order valence-corrected chi connectivity index (χ4v) is 5.86. The van der Waals surface area contributed by atoms with Gasteiger partial charge in [0, 0.05) is 67.0 Å². The fraction of sp³-hybridized carbons (Fsp3) is 0.450. The molecule has 4 amide bonds. The van der Waals surface area contributed by atoms with E-state index in [1.54, 1.807) is 18.2 Å². The van der Waals surface area contributed by atoms with Crippen LogP contribution in [0, 0.1) is 0 Å². The van der Waals surface area contributed by atoms with E-state index in [1.165, 1.54) is 6.07 Å². The number of hydrogen-bond acceptors (Lipinski definition) is 11. The number of carbonyl (C=O) groups excluding carboxylic acids is 4. The Hall–Kier alpha value is -5.70. The molecule has 0 saturated heterocycles. The standard InChI is InChI=1S/C22H31N5O5.C18H24N2O3/c1-3-27(4-2)15-9-8-14-11-16(22(31)32-18(14)12-15)20(29)26-17(7-5-6-10-23)21(30)25-13-19(24)28;1-4-7-10-19-17(21)15-11-13-8-9-14(20(5-2)6-3)12-16(13)23-18(15)22/h8-9,11-12,17H,3-7,10,13,23H2,1-2H3,(H2,24,28)(H,25,30)(H,26,29);8-9,11-12H,4-7,10H2,1-3H3,(H,19,21). The van der Waals surface area contributed by atoms with Gasteiger partial charge in [0.15, 0.2) is 0 Å². The second-order valence-electron chi connectivity index (χ2n) is 12.8. The average molecular weight is 762 g/mol. The molecule has 2 aromatic carbocycles. The second-order valence-corrected chi connectivity index (χ2v) is 12.8. The molecule has 4 aromatic rings. The van der Waals surface area contributed by atoms with Crippen LogP contribution in [-0.2, 0) is 9.59 Å². The molecule has 0 radical (unpaired) electrons. The van der Waals surface area contributed by atoms with Crippen LogP contribution in [0.5, 0.6) is 0 Å². The third kappa shape index (κ3) is 12.4. The summed E-state index contributed by atoms with van der Waals surface area (Å²) >= 11 is 0. The van der Waals surface area contributed by atoms with Gasteiger partial charge in [0.2, 0.25) is 11.8 Å². The molecule has 0 bridgehead atoms. The largest absolute Gasteiger partial charge is 0.422 e. The van der Waals surface area contributed by atoms with Gasteiger partial charge in [0.05, 0.1) is 6.54 Å². The van der Waals surface area contributed by atoms with Crippen molar-refractivity contribution in [2.24, 2.45) is 11.5 Å². The minimum absolute atomic E-state index is 0.0594. The lowest BCUT2D eigenvalue weighted by atomic mass is 10.1. The number of primary amides is 1. The van der Waals surface area contributed by atoms with Crippen LogP contribution in [0.25, 0.3) is 21.9 Å². The van der Waals surface area contributed by atoms with Crippen LogP contribution >= 0.6 is 0 Å². The van der Waals surface area contributed by atoms with E-state index in [0.29, 0.717) is 48.9 Å². The third-order valence-electron chi connectivity index (χ3n) is 9.01. The lowest BCUT2D eigenvalue weighted by Gasteiger charge is -2.21. The van der Waals surface area contributed by atoms with E-state index < -0.39 is 35.0 Å². The summed E-state index contributed by atoms with van der Waals surface area (Å²) in [6.07, 6.45) is 3.40. The van der Waals surface area contributed by atoms with Gasteiger partial charge in [-0.2, -0.15) is 0 Å². The molecule has 0 spiro atoms. The summed E-state index contributed by atoms with van der Waals surface area (Å²) in [5, 5.41) is 9.01. The van der Waals surface area contributed by atoms with Gasteiger partial charge in [-0.15, -0.1) is 0 Å². The Bertz CT molecular complexity index is 2040. The summed E-state index contributed by atoms with van der Waals surface area (Å²) in [5.74, 6) is -2.38. The van der Waals surface area contributed by atoms with Crippen LogP contribution in [0.4, 0.5) is 11.4 Å². The number of amides is 4. The van der Waals surface area contributed by atoms with Gasteiger partial charge in [0.1, 0.15) is 28.3 Å². The lowest BCUT2D eigenvalue weighted by molar-refractivity contribution is -0.126.